The van der Waals surface area contributed by atoms with Gasteiger partial charge in [0.05, 0.1) is 22.3 Å². The van der Waals surface area contributed by atoms with Crippen LogP contribution in [0.4, 0.5) is 11.4 Å². The van der Waals surface area contributed by atoms with Crippen LogP contribution in [0, 0.1) is 5.92 Å². The summed E-state index contributed by atoms with van der Waals surface area (Å²) in [6, 6.07) is 29.3. The highest BCUT2D eigenvalue weighted by Crippen LogP contribution is 2.41. The zero-order valence-electron chi connectivity index (χ0n) is 50.7. The van der Waals surface area contributed by atoms with E-state index in [4.69, 9.17) is 8.83 Å². The standard InChI is InChI=1S/C70H67N11O12/c82-57(75-63(41-22-28-71-29-23-41)55-37-42-10-4-5-15-53(42)92-55)17-3-1-2-6-27-73-50-36-44(35-48-62(50)70(91)81(68(48)89)52-19-21-59(84)78-66(52)87)45-12-8-16-54-47(45)38-56(93-54)64(43-11-9-26-72-39-43)76-60(85)34-40-24-31-79(32-25-40)33-30-74-49-14-7-13-46-61(49)69(90)80(67(46)88)51-18-20-58(83)77-65(51)86/h4-5,7-16,22-23,26,28-29,35-40,51-52,63-64,73-74H,1-3,6,17-21,24-25,27,30-34H2,(H,75,82)(H,76,85)(H,77,83,86)(H,78,84,87). The highest BCUT2D eigenvalue weighted by Gasteiger charge is 2.48. The molecule has 93 heavy (non-hydrogen) atoms. The molecule has 5 aliphatic rings. The Labute approximate surface area is 533 Å². The van der Waals surface area contributed by atoms with E-state index in [1.54, 1.807) is 55.1 Å². The average molecular weight is 1250 g/mol. The topological polar surface area (TPSA) is 305 Å². The number of furan rings is 2. The molecule has 0 aliphatic carbocycles. The van der Waals surface area contributed by atoms with E-state index in [1.807, 2.05) is 78.9 Å². The van der Waals surface area contributed by atoms with Crippen LogP contribution in [-0.4, -0.2) is 129 Å². The number of pyridine rings is 2. The molecule has 0 spiro atoms. The van der Waals surface area contributed by atoms with Gasteiger partial charge in [0.2, 0.25) is 35.4 Å². The van der Waals surface area contributed by atoms with Crippen LogP contribution in [-0.2, 0) is 28.8 Å². The number of unbranched alkanes of at least 4 members (excludes halogenated alkanes) is 3. The molecule has 6 N–H and O–H groups in total. The minimum atomic E-state index is -1.18. The lowest BCUT2D eigenvalue weighted by molar-refractivity contribution is -0.137. The monoisotopic (exact) mass is 1250 g/mol. The Balaban J connectivity index is 0.660. The van der Waals surface area contributed by atoms with Gasteiger partial charge in [-0.05, 0) is 141 Å². The molecule has 23 nitrogen and oxygen atoms in total. The number of carbonyl (C=O) groups is 10. The summed E-state index contributed by atoms with van der Waals surface area (Å²) < 4.78 is 12.8. The van der Waals surface area contributed by atoms with E-state index >= 15 is 0 Å². The van der Waals surface area contributed by atoms with Crippen LogP contribution in [0.25, 0.3) is 33.1 Å². The predicted octanol–water partition coefficient (Wildman–Crippen LogP) is 8.13. The molecule has 23 heteroatoms. The number of likely N-dealkylation sites (tertiary alicyclic amines) is 1. The van der Waals surface area contributed by atoms with Gasteiger partial charge in [0.25, 0.3) is 23.6 Å². The van der Waals surface area contributed by atoms with E-state index < -0.39 is 71.4 Å². The number of nitrogens with one attached hydrogen (secondary N) is 6. The van der Waals surface area contributed by atoms with Gasteiger partial charge in [-0.15, -0.1) is 0 Å². The second-order valence-electron chi connectivity index (χ2n) is 24.2. The fourth-order valence-electron chi connectivity index (χ4n) is 13.4. The fraction of sp³-hybridized carbons (Fsp3) is 0.314. The summed E-state index contributed by atoms with van der Waals surface area (Å²) in [6.07, 6.45) is 11.5. The molecule has 5 aliphatic heterocycles. The molecule has 9 heterocycles. The molecule has 10 amide bonds. The van der Waals surface area contributed by atoms with Crippen molar-refractivity contribution in [3.05, 3.63) is 179 Å². The minimum Gasteiger partial charge on any atom is -0.459 e. The highest BCUT2D eigenvalue weighted by molar-refractivity contribution is 6.27. The summed E-state index contributed by atoms with van der Waals surface area (Å²) >= 11 is 0. The van der Waals surface area contributed by atoms with Crippen molar-refractivity contribution in [3.63, 3.8) is 0 Å². The molecule has 0 saturated carbocycles. The van der Waals surface area contributed by atoms with Gasteiger partial charge in [0.15, 0.2) is 0 Å². The van der Waals surface area contributed by atoms with Crippen molar-refractivity contribution >= 4 is 92.4 Å². The summed E-state index contributed by atoms with van der Waals surface area (Å²) in [6.45, 7) is 2.95. The molecule has 4 atom stereocenters. The maximum absolute atomic E-state index is 14.5. The number of amides is 10. The van der Waals surface area contributed by atoms with Gasteiger partial charge in [-0.3, -0.25) is 78.3 Å². The second kappa shape index (κ2) is 26.6. The van der Waals surface area contributed by atoms with Gasteiger partial charge >= 0.3 is 0 Å². The van der Waals surface area contributed by atoms with Gasteiger partial charge in [-0.2, -0.15) is 0 Å². The number of rotatable bonds is 23. The number of para-hydroxylation sites is 1. The van der Waals surface area contributed by atoms with Crippen molar-refractivity contribution in [1.82, 2.24) is 45.9 Å². The van der Waals surface area contributed by atoms with Crippen molar-refractivity contribution < 1.29 is 56.8 Å². The summed E-state index contributed by atoms with van der Waals surface area (Å²) in [5, 5.41) is 19.3. The molecule has 0 radical (unpaired) electrons. The number of fused-ring (bicyclic) bond motifs is 4. The first-order valence-corrected chi connectivity index (χ1v) is 31.6. The number of hydrogen-bond donors (Lipinski definition) is 6. The van der Waals surface area contributed by atoms with E-state index in [-0.39, 0.29) is 78.5 Å². The Morgan fingerprint density at radius 3 is 1.90 bits per heavy atom. The van der Waals surface area contributed by atoms with Crippen molar-refractivity contribution in [2.24, 2.45) is 5.92 Å². The number of benzene rings is 4. The smallest absolute Gasteiger partial charge is 0.264 e. The van der Waals surface area contributed by atoms with Crippen LogP contribution in [0.2, 0.25) is 0 Å². The Kier molecular flexibility index (Phi) is 17.5. The maximum Gasteiger partial charge on any atom is 0.264 e. The van der Waals surface area contributed by atoms with E-state index in [1.165, 1.54) is 0 Å². The van der Waals surface area contributed by atoms with Gasteiger partial charge in [0, 0.05) is 97.8 Å². The van der Waals surface area contributed by atoms with Crippen LogP contribution in [0.5, 0.6) is 0 Å². The Morgan fingerprint density at radius 1 is 0.548 bits per heavy atom. The molecule has 13 rings (SSSR count). The average Bonchev–Trinajstić information content (AvgIpc) is 1.61. The molecule has 0 bridgehead atoms. The van der Waals surface area contributed by atoms with E-state index in [9.17, 15) is 47.9 Å². The molecule has 3 saturated heterocycles. The maximum atomic E-state index is 14.5. The Morgan fingerprint density at radius 2 is 1.18 bits per heavy atom. The molecular weight excluding hydrogens is 1190 g/mol. The molecule has 474 valence electrons. The molecular formula is C70H67N11O12. The van der Waals surface area contributed by atoms with Gasteiger partial charge in [-0.1, -0.05) is 55.3 Å². The minimum absolute atomic E-state index is 0.00904. The first-order valence-electron chi connectivity index (χ1n) is 31.6. The summed E-state index contributed by atoms with van der Waals surface area (Å²) in [7, 11) is 0. The Hall–Kier alpha value is -10.7. The van der Waals surface area contributed by atoms with Crippen LogP contribution in [0.15, 0.2) is 143 Å². The van der Waals surface area contributed by atoms with E-state index in [0.717, 1.165) is 65.1 Å². The summed E-state index contributed by atoms with van der Waals surface area (Å²) in [5.74, 6) is -3.93. The third-order valence-corrected chi connectivity index (χ3v) is 18.2. The number of nitrogens with zero attached hydrogens (tertiary/aromatic N) is 5. The second-order valence-corrected chi connectivity index (χ2v) is 24.2. The molecule has 4 aromatic carbocycles. The van der Waals surface area contributed by atoms with E-state index in [0.29, 0.717) is 83.0 Å². The van der Waals surface area contributed by atoms with Crippen molar-refractivity contribution in [2.45, 2.75) is 101 Å². The number of hydrogen-bond acceptors (Lipinski definition) is 17. The van der Waals surface area contributed by atoms with Crippen LogP contribution < -0.4 is 31.9 Å². The van der Waals surface area contributed by atoms with Crippen LogP contribution in [0.3, 0.4) is 0 Å². The summed E-state index contributed by atoms with van der Waals surface area (Å²) in [4.78, 5) is 146. The van der Waals surface area contributed by atoms with Gasteiger partial charge in [0.1, 0.15) is 46.9 Å². The number of carbonyl (C=O) groups excluding carboxylic acids is 10. The van der Waals surface area contributed by atoms with Crippen LogP contribution in [0.1, 0.15) is 153 Å². The number of piperidine rings is 3. The van der Waals surface area contributed by atoms with Gasteiger partial charge < -0.3 is 35.0 Å². The lowest BCUT2D eigenvalue weighted by atomic mass is 9.92. The van der Waals surface area contributed by atoms with E-state index in [2.05, 4.69) is 46.8 Å². The zero-order valence-corrected chi connectivity index (χ0v) is 50.7. The van der Waals surface area contributed by atoms with Gasteiger partial charge in [-0.25, -0.2) is 0 Å². The number of imide groups is 4. The summed E-state index contributed by atoms with van der Waals surface area (Å²) in [5.41, 5.74) is 5.49. The fourth-order valence-corrected chi connectivity index (χ4v) is 13.4. The quantitative estimate of drug-likeness (QED) is 0.0260. The molecule has 3 fully saturated rings. The Bertz CT molecular complexity index is 4260. The number of anilines is 2. The highest BCUT2D eigenvalue weighted by atomic mass is 16.3. The lowest BCUT2D eigenvalue weighted by Gasteiger charge is -2.32. The molecule has 4 aromatic heterocycles. The zero-order chi connectivity index (χ0) is 64.3. The van der Waals surface area contributed by atoms with Crippen molar-refractivity contribution in [1.29, 1.82) is 0 Å². The largest absolute Gasteiger partial charge is 0.459 e. The molecule has 8 aromatic rings. The third-order valence-electron chi connectivity index (χ3n) is 18.2. The predicted molar refractivity (Wildman–Crippen MR) is 340 cm³/mol. The normalized spacial score (nSPS) is 18.4. The third kappa shape index (κ3) is 12.8. The first kappa shape index (κ1) is 61.2. The number of aromatic nitrogens is 2. The molecule has 4 unspecified atom stereocenters. The van der Waals surface area contributed by atoms with Crippen molar-refractivity contribution in [2.75, 3.05) is 43.4 Å². The lowest BCUT2D eigenvalue weighted by Crippen LogP contribution is -2.54. The first-order chi connectivity index (χ1) is 45.2. The van der Waals surface area contributed by atoms with Crippen LogP contribution >= 0.6 is 0 Å². The van der Waals surface area contributed by atoms with Crippen molar-refractivity contribution in [3.8, 4) is 11.1 Å². The SMILES string of the molecule is O=C1CCC(N2C(=O)c3cc(-c4cccc5oc(C(NC(=O)CC6CCN(CCNc7cccc8c7C(=O)N(C7CCC(=O)NC7=O)C8=O)CC6)c6cccnc6)cc45)cc(NCCCCCCC(=O)NC(c4ccncc4)c4cc5ccccc5o4)c3C2=O)C(=O)N1.